The first-order valence-electron chi connectivity index (χ1n) is 5.21. The lowest BCUT2D eigenvalue weighted by Gasteiger charge is -2.13. The molecule has 0 aliphatic carbocycles. The molecule has 1 amide bonds. The van der Waals surface area contributed by atoms with E-state index < -0.39 is 0 Å². The average molecular weight is 226 g/mol. The van der Waals surface area contributed by atoms with Gasteiger partial charge in [0.2, 0.25) is 5.91 Å². The van der Waals surface area contributed by atoms with Crippen molar-refractivity contribution in [3.05, 3.63) is 18.2 Å². The van der Waals surface area contributed by atoms with Crippen molar-refractivity contribution in [1.29, 1.82) is 0 Å². The molecule has 90 valence electrons. The third-order valence-corrected chi connectivity index (χ3v) is 2.15. The zero-order chi connectivity index (χ0) is 11.8. The van der Waals surface area contributed by atoms with Gasteiger partial charge in [-0.15, -0.1) is 0 Å². The number of rotatable bonds is 7. The Labute approximate surface area is 94.8 Å². The van der Waals surface area contributed by atoms with Crippen molar-refractivity contribution in [2.75, 3.05) is 20.3 Å². The first-order chi connectivity index (χ1) is 7.74. The number of imidazole rings is 1. The number of aromatic amines is 1. The van der Waals surface area contributed by atoms with Crippen LogP contribution in [0.3, 0.4) is 0 Å². The van der Waals surface area contributed by atoms with E-state index in [2.05, 4.69) is 20.6 Å². The van der Waals surface area contributed by atoms with Gasteiger partial charge in [0, 0.05) is 32.1 Å². The van der Waals surface area contributed by atoms with Crippen molar-refractivity contribution in [2.45, 2.75) is 19.5 Å². The van der Waals surface area contributed by atoms with Crippen molar-refractivity contribution >= 4 is 5.91 Å². The van der Waals surface area contributed by atoms with E-state index in [1.54, 1.807) is 19.6 Å². The topological polar surface area (TPSA) is 79.0 Å². The second kappa shape index (κ2) is 6.97. The third-order valence-electron chi connectivity index (χ3n) is 2.15. The number of nitrogens with zero attached hydrogens (tertiary/aromatic N) is 1. The predicted molar refractivity (Wildman–Crippen MR) is 59.8 cm³/mol. The van der Waals surface area contributed by atoms with E-state index >= 15 is 0 Å². The number of nitrogens with one attached hydrogen (secondary N) is 3. The van der Waals surface area contributed by atoms with Crippen LogP contribution in [-0.2, 0) is 16.1 Å². The second-order valence-electron chi connectivity index (χ2n) is 3.46. The van der Waals surface area contributed by atoms with Crippen LogP contribution in [0.5, 0.6) is 0 Å². The molecule has 1 unspecified atom stereocenters. The molecule has 1 aromatic heterocycles. The van der Waals surface area contributed by atoms with E-state index in [4.69, 9.17) is 4.74 Å². The number of amides is 1. The molecule has 6 nitrogen and oxygen atoms in total. The highest BCUT2D eigenvalue weighted by Crippen LogP contribution is 1.91. The fraction of sp³-hybridized carbons (Fsp3) is 0.600. The summed E-state index contributed by atoms with van der Waals surface area (Å²) in [6, 6.07) is -0.236. The first kappa shape index (κ1) is 12.7. The monoisotopic (exact) mass is 226 g/mol. The molecule has 0 aromatic carbocycles. The Bertz CT molecular complexity index is 300. The van der Waals surface area contributed by atoms with Gasteiger partial charge in [-0.05, 0) is 6.92 Å². The van der Waals surface area contributed by atoms with E-state index in [-0.39, 0.29) is 11.9 Å². The molecule has 1 atom stereocenters. The summed E-state index contributed by atoms with van der Waals surface area (Å²) in [5.41, 5.74) is 0.955. The third kappa shape index (κ3) is 4.41. The molecule has 6 heteroatoms. The highest BCUT2D eigenvalue weighted by Gasteiger charge is 2.11. The van der Waals surface area contributed by atoms with Crippen molar-refractivity contribution in [3.8, 4) is 0 Å². The van der Waals surface area contributed by atoms with Crippen LogP contribution in [0.2, 0.25) is 0 Å². The Morgan fingerprint density at radius 2 is 2.50 bits per heavy atom. The maximum Gasteiger partial charge on any atom is 0.236 e. The van der Waals surface area contributed by atoms with Crippen molar-refractivity contribution in [2.24, 2.45) is 0 Å². The number of carbonyl (C=O) groups excluding carboxylic acids is 1. The lowest BCUT2D eigenvalue weighted by atomic mass is 10.3. The van der Waals surface area contributed by atoms with Crippen LogP contribution in [0, 0.1) is 0 Å². The van der Waals surface area contributed by atoms with E-state index in [1.807, 2.05) is 6.92 Å². The molecule has 0 fully saturated rings. The van der Waals surface area contributed by atoms with Gasteiger partial charge in [-0.25, -0.2) is 4.98 Å². The van der Waals surface area contributed by atoms with Gasteiger partial charge in [-0.3, -0.25) is 4.79 Å². The number of hydrogen-bond donors (Lipinski definition) is 3. The molecule has 1 aromatic rings. The SMILES string of the molecule is COCCNC(=O)C(C)NCc1cnc[nH]1. The smallest absolute Gasteiger partial charge is 0.236 e. The van der Waals surface area contributed by atoms with E-state index in [9.17, 15) is 4.79 Å². The number of ether oxygens (including phenoxy) is 1. The Kier molecular flexibility index (Phi) is 5.52. The summed E-state index contributed by atoms with van der Waals surface area (Å²) in [7, 11) is 1.60. The average Bonchev–Trinajstić information content (AvgIpc) is 2.79. The maximum atomic E-state index is 11.5. The van der Waals surface area contributed by atoms with Crippen LogP contribution in [0.4, 0.5) is 0 Å². The number of aromatic nitrogens is 2. The molecule has 0 saturated heterocycles. The van der Waals surface area contributed by atoms with Gasteiger partial charge in [0.25, 0.3) is 0 Å². The summed E-state index contributed by atoms with van der Waals surface area (Å²) in [5, 5.41) is 5.85. The number of carbonyl (C=O) groups is 1. The molecule has 3 N–H and O–H groups in total. The lowest BCUT2D eigenvalue weighted by molar-refractivity contribution is -0.122. The summed E-state index contributed by atoms with van der Waals surface area (Å²) in [6.45, 7) is 3.47. The van der Waals surface area contributed by atoms with Crippen LogP contribution >= 0.6 is 0 Å². The predicted octanol–water partition coefficient (Wildman–Crippen LogP) is -0.350. The lowest BCUT2D eigenvalue weighted by Crippen LogP contribution is -2.42. The van der Waals surface area contributed by atoms with Gasteiger partial charge in [0.05, 0.1) is 19.0 Å². The normalized spacial score (nSPS) is 12.4. The van der Waals surface area contributed by atoms with E-state index in [0.29, 0.717) is 19.7 Å². The maximum absolute atomic E-state index is 11.5. The summed E-state index contributed by atoms with van der Waals surface area (Å²) in [6.07, 6.45) is 3.34. The summed E-state index contributed by atoms with van der Waals surface area (Å²) >= 11 is 0. The molecule has 1 rings (SSSR count). The Morgan fingerprint density at radius 3 is 3.12 bits per heavy atom. The molecule has 0 bridgehead atoms. The summed E-state index contributed by atoms with van der Waals surface area (Å²) in [5.74, 6) is -0.0310. The molecular formula is C10H18N4O2. The number of hydrogen-bond acceptors (Lipinski definition) is 4. The molecule has 0 spiro atoms. The summed E-state index contributed by atoms with van der Waals surface area (Å²) in [4.78, 5) is 18.4. The number of H-pyrrole nitrogens is 1. The molecule has 0 aliphatic heterocycles. The Hall–Kier alpha value is -1.40. The molecular weight excluding hydrogens is 208 g/mol. The highest BCUT2D eigenvalue weighted by molar-refractivity contribution is 5.81. The standard InChI is InChI=1S/C10H18N4O2/c1-8(10(15)12-3-4-16-2)13-6-9-5-11-7-14-9/h5,7-8,13H,3-4,6H2,1-2H3,(H,11,14)(H,12,15). The summed E-state index contributed by atoms with van der Waals surface area (Å²) < 4.78 is 4.84. The van der Waals surface area contributed by atoms with Crippen LogP contribution in [0.25, 0.3) is 0 Å². The second-order valence-corrected chi connectivity index (χ2v) is 3.46. The molecule has 0 saturated carbocycles. The molecule has 1 heterocycles. The molecule has 16 heavy (non-hydrogen) atoms. The van der Waals surface area contributed by atoms with Gasteiger partial charge in [0.1, 0.15) is 0 Å². The molecule has 0 radical (unpaired) electrons. The van der Waals surface area contributed by atoms with Crippen LogP contribution in [0.1, 0.15) is 12.6 Å². The van der Waals surface area contributed by atoms with Crippen molar-refractivity contribution < 1.29 is 9.53 Å². The van der Waals surface area contributed by atoms with Gasteiger partial charge >= 0.3 is 0 Å². The van der Waals surface area contributed by atoms with E-state index in [1.165, 1.54) is 0 Å². The van der Waals surface area contributed by atoms with Gasteiger partial charge in [-0.2, -0.15) is 0 Å². The minimum absolute atomic E-state index is 0.0310. The highest BCUT2D eigenvalue weighted by atomic mass is 16.5. The Morgan fingerprint density at radius 1 is 1.69 bits per heavy atom. The Balaban J connectivity index is 2.18. The first-order valence-corrected chi connectivity index (χ1v) is 5.21. The van der Waals surface area contributed by atoms with Gasteiger partial charge < -0.3 is 20.4 Å². The largest absolute Gasteiger partial charge is 0.383 e. The fourth-order valence-corrected chi connectivity index (χ4v) is 1.17. The van der Waals surface area contributed by atoms with Crippen LogP contribution in [0.15, 0.2) is 12.5 Å². The minimum atomic E-state index is -0.236. The molecule has 0 aliphatic rings. The number of methoxy groups -OCH3 is 1. The van der Waals surface area contributed by atoms with Gasteiger partial charge in [-0.1, -0.05) is 0 Å². The fourth-order valence-electron chi connectivity index (χ4n) is 1.17. The zero-order valence-corrected chi connectivity index (χ0v) is 9.62. The quantitative estimate of drug-likeness (QED) is 0.555. The van der Waals surface area contributed by atoms with Gasteiger partial charge in [0.15, 0.2) is 0 Å². The minimum Gasteiger partial charge on any atom is -0.383 e. The van der Waals surface area contributed by atoms with Crippen LogP contribution in [-0.4, -0.2) is 42.2 Å². The zero-order valence-electron chi connectivity index (χ0n) is 9.62. The van der Waals surface area contributed by atoms with Crippen molar-refractivity contribution in [1.82, 2.24) is 20.6 Å². The van der Waals surface area contributed by atoms with E-state index in [0.717, 1.165) is 5.69 Å². The van der Waals surface area contributed by atoms with Crippen molar-refractivity contribution in [3.63, 3.8) is 0 Å². The van der Waals surface area contributed by atoms with Crippen LogP contribution < -0.4 is 10.6 Å².